The number of nitrogens with one attached hydrogen (secondary N) is 1. The van der Waals surface area contributed by atoms with Crippen LogP contribution in [0.15, 0.2) is 12.3 Å². The minimum Gasteiger partial charge on any atom is -0.365 e. The lowest BCUT2D eigenvalue weighted by atomic mass is 10.0. The summed E-state index contributed by atoms with van der Waals surface area (Å²) in [5.74, 6) is -0.262. The van der Waals surface area contributed by atoms with Crippen LogP contribution in [0.2, 0.25) is 0 Å². The van der Waals surface area contributed by atoms with E-state index in [1.807, 2.05) is 11.8 Å². The molecule has 25 heavy (non-hydrogen) atoms. The molecule has 3 rings (SSSR count). The van der Waals surface area contributed by atoms with E-state index < -0.39 is 15.9 Å². The molecule has 2 aliphatic heterocycles. The second kappa shape index (κ2) is 6.45. The summed E-state index contributed by atoms with van der Waals surface area (Å²) >= 11 is 0. The maximum absolute atomic E-state index is 12.9. The SMILES string of the molecule is Cc1[nH]ccc1C(=O)N1CCN(CC(=O)N(C)C)[C@H]2CS(=O)(=O)C[C@H]21. The molecule has 138 valence electrons. The number of aryl methyl sites for hydroxylation is 1. The highest BCUT2D eigenvalue weighted by atomic mass is 32.2. The third kappa shape index (κ3) is 3.43. The van der Waals surface area contributed by atoms with Crippen LogP contribution >= 0.6 is 0 Å². The van der Waals surface area contributed by atoms with Gasteiger partial charge in [0.2, 0.25) is 5.91 Å². The molecule has 2 atom stereocenters. The molecule has 1 aromatic heterocycles. The van der Waals surface area contributed by atoms with E-state index in [-0.39, 0.29) is 35.9 Å². The van der Waals surface area contributed by atoms with Gasteiger partial charge in [-0.25, -0.2) is 8.42 Å². The number of sulfone groups is 1. The standard InChI is InChI=1S/C16H24N4O4S/c1-11-12(4-5-17-11)16(22)20-7-6-19(8-15(21)18(2)3)13-9-25(23,24)10-14(13)20/h4-5,13-14,17H,6-10H2,1-3H3/t13-,14+/m0/s1. The van der Waals surface area contributed by atoms with Crippen LogP contribution in [-0.4, -0.2) is 97.2 Å². The fourth-order valence-corrected chi connectivity index (χ4v) is 5.64. The highest BCUT2D eigenvalue weighted by Gasteiger charge is 2.48. The van der Waals surface area contributed by atoms with Crippen LogP contribution in [0.1, 0.15) is 16.1 Å². The van der Waals surface area contributed by atoms with E-state index in [0.29, 0.717) is 18.7 Å². The molecule has 0 radical (unpaired) electrons. The third-order valence-corrected chi connectivity index (χ3v) is 6.77. The van der Waals surface area contributed by atoms with Gasteiger partial charge in [-0.15, -0.1) is 0 Å². The van der Waals surface area contributed by atoms with Crippen LogP contribution in [0, 0.1) is 6.92 Å². The van der Waals surface area contributed by atoms with E-state index in [1.54, 1.807) is 31.3 Å². The van der Waals surface area contributed by atoms with Crippen molar-refractivity contribution in [2.24, 2.45) is 0 Å². The topological polar surface area (TPSA) is 93.8 Å². The minimum atomic E-state index is -3.23. The Balaban J connectivity index is 1.84. The molecule has 0 aromatic carbocycles. The number of aromatic nitrogens is 1. The Morgan fingerprint density at radius 2 is 1.92 bits per heavy atom. The Kier molecular flexibility index (Phi) is 4.63. The largest absolute Gasteiger partial charge is 0.365 e. The Morgan fingerprint density at radius 3 is 2.52 bits per heavy atom. The molecule has 2 fully saturated rings. The first-order chi connectivity index (χ1) is 11.7. The van der Waals surface area contributed by atoms with Crippen molar-refractivity contribution in [1.82, 2.24) is 19.7 Å². The summed E-state index contributed by atoms with van der Waals surface area (Å²) in [4.78, 5) is 33.0. The Hall–Kier alpha value is -1.87. The van der Waals surface area contributed by atoms with Crippen LogP contribution in [0.3, 0.4) is 0 Å². The lowest BCUT2D eigenvalue weighted by molar-refractivity contribution is -0.131. The first kappa shape index (κ1) is 17.9. The predicted molar refractivity (Wildman–Crippen MR) is 93.1 cm³/mol. The van der Waals surface area contributed by atoms with E-state index in [2.05, 4.69) is 4.98 Å². The van der Waals surface area contributed by atoms with E-state index >= 15 is 0 Å². The average Bonchev–Trinajstić information content (AvgIpc) is 3.08. The van der Waals surface area contributed by atoms with E-state index in [0.717, 1.165) is 5.69 Å². The van der Waals surface area contributed by atoms with Gasteiger partial charge in [0.05, 0.1) is 29.7 Å². The first-order valence-electron chi connectivity index (χ1n) is 8.29. The van der Waals surface area contributed by atoms with Crippen molar-refractivity contribution in [3.63, 3.8) is 0 Å². The molecular weight excluding hydrogens is 344 g/mol. The summed E-state index contributed by atoms with van der Waals surface area (Å²) in [5, 5.41) is 0. The molecule has 8 nitrogen and oxygen atoms in total. The van der Waals surface area contributed by atoms with Crippen molar-refractivity contribution in [1.29, 1.82) is 0 Å². The monoisotopic (exact) mass is 368 g/mol. The number of aromatic amines is 1. The van der Waals surface area contributed by atoms with Crippen molar-refractivity contribution in [2.45, 2.75) is 19.0 Å². The summed E-state index contributed by atoms with van der Waals surface area (Å²) in [7, 11) is 0.129. The number of likely N-dealkylation sites (N-methyl/N-ethyl adjacent to an activating group) is 1. The van der Waals surface area contributed by atoms with E-state index in [9.17, 15) is 18.0 Å². The molecule has 2 aliphatic rings. The number of amides is 2. The molecule has 9 heteroatoms. The van der Waals surface area contributed by atoms with Gasteiger partial charge in [-0.1, -0.05) is 0 Å². The summed E-state index contributed by atoms with van der Waals surface area (Å²) in [6, 6.07) is 0.985. The van der Waals surface area contributed by atoms with Crippen LogP contribution in [0.25, 0.3) is 0 Å². The van der Waals surface area contributed by atoms with Crippen molar-refractivity contribution in [2.75, 3.05) is 45.2 Å². The maximum atomic E-state index is 12.9. The van der Waals surface area contributed by atoms with Gasteiger partial charge >= 0.3 is 0 Å². The normalized spacial score (nSPS) is 25.6. The molecule has 0 aliphatic carbocycles. The summed E-state index contributed by atoms with van der Waals surface area (Å²) in [5.41, 5.74) is 1.34. The molecule has 2 amide bonds. The average molecular weight is 368 g/mol. The summed E-state index contributed by atoms with van der Waals surface area (Å²) < 4.78 is 24.4. The van der Waals surface area contributed by atoms with Crippen LogP contribution in [0.5, 0.6) is 0 Å². The summed E-state index contributed by atoms with van der Waals surface area (Å²) in [6.45, 7) is 2.91. The zero-order valence-electron chi connectivity index (χ0n) is 14.7. The van der Waals surface area contributed by atoms with Crippen molar-refractivity contribution >= 4 is 21.7 Å². The van der Waals surface area contributed by atoms with Gasteiger partial charge in [0.1, 0.15) is 0 Å². The molecule has 1 N–H and O–H groups in total. The number of carbonyl (C=O) groups is 2. The molecule has 0 spiro atoms. The fourth-order valence-electron chi connectivity index (χ4n) is 3.63. The van der Waals surface area contributed by atoms with Gasteiger partial charge in [0.25, 0.3) is 5.91 Å². The number of rotatable bonds is 3. The number of carbonyl (C=O) groups excluding carboxylic acids is 2. The van der Waals surface area contributed by atoms with Gasteiger partial charge < -0.3 is 14.8 Å². The number of hydrogen-bond acceptors (Lipinski definition) is 5. The van der Waals surface area contributed by atoms with Crippen LogP contribution < -0.4 is 0 Å². The fraction of sp³-hybridized carbons (Fsp3) is 0.625. The number of nitrogens with zero attached hydrogens (tertiary/aromatic N) is 3. The molecule has 0 bridgehead atoms. The maximum Gasteiger partial charge on any atom is 0.256 e. The second-order valence-electron chi connectivity index (χ2n) is 6.99. The van der Waals surface area contributed by atoms with Gasteiger partial charge in [-0.05, 0) is 13.0 Å². The number of H-pyrrole nitrogens is 1. The molecular formula is C16H24N4O4S. The van der Waals surface area contributed by atoms with Crippen molar-refractivity contribution in [3.05, 3.63) is 23.5 Å². The second-order valence-corrected chi connectivity index (χ2v) is 9.14. The highest BCUT2D eigenvalue weighted by molar-refractivity contribution is 7.91. The van der Waals surface area contributed by atoms with Gasteiger partial charge in [0.15, 0.2) is 9.84 Å². The molecule has 2 saturated heterocycles. The molecule has 0 saturated carbocycles. The first-order valence-corrected chi connectivity index (χ1v) is 10.1. The Morgan fingerprint density at radius 1 is 1.24 bits per heavy atom. The Labute approximate surface area is 147 Å². The van der Waals surface area contributed by atoms with Gasteiger partial charge in [-0.2, -0.15) is 0 Å². The molecule has 1 aromatic rings. The molecule has 3 heterocycles. The van der Waals surface area contributed by atoms with E-state index in [4.69, 9.17) is 0 Å². The van der Waals surface area contributed by atoms with Crippen molar-refractivity contribution < 1.29 is 18.0 Å². The lowest BCUT2D eigenvalue weighted by Gasteiger charge is -2.43. The Bertz CT molecular complexity index is 786. The van der Waals surface area contributed by atoms with Crippen LogP contribution in [-0.2, 0) is 14.6 Å². The van der Waals surface area contributed by atoms with Crippen LogP contribution in [0.4, 0.5) is 0 Å². The zero-order chi connectivity index (χ0) is 18.4. The lowest BCUT2D eigenvalue weighted by Crippen LogP contribution is -2.61. The zero-order valence-corrected chi connectivity index (χ0v) is 15.5. The van der Waals surface area contributed by atoms with E-state index in [1.165, 1.54) is 4.90 Å². The highest BCUT2D eigenvalue weighted by Crippen LogP contribution is 2.28. The molecule has 0 unspecified atom stereocenters. The summed E-state index contributed by atoms with van der Waals surface area (Å²) in [6.07, 6.45) is 1.71. The van der Waals surface area contributed by atoms with Gasteiger partial charge in [0, 0.05) is 45.1 Å². The van der Waals surface area contributed by atoms with Crippen molar-refractivity contribution in [3.8, 4) is 0 Å². The minimum absolute atomic E-state index is 0.00568. The number of piperazine rings is 1. The quantitative estimate of drug-likeness (QED) is 0.764. The smallest absolute Gasteiger partial charge is 0.256 e. The van der Waals surface area contributed by atoms with Gasteiger partial charge in [-0.3, -0.25) is 14.5 Å². The number of fused-ring (bicyclic) bond motifs is 1. The predicted octanol–water partition coefficient (Wildman–Crippen LogP) is -0.665. The third-order valence-electron chi connectivity index (χ3n) is 5.07. The number of hydrogen-bond donors (Lipinski definition) is 1.